The maximum absolute atomic E-state index is 6.07. The Kier molecular flexibility index (Phi) is 3.73. The fourth-order valence-corrected chi connectivity index (χ4v) is 2.69. The first-order valence-corrected chi connectivity index (χ1v) is 7.00. The van der Waals surface area contributed by atoms with Crippen LogP contribution in [0, 0.1) is 20.8 Å². The first-order chi connectivity index (χ1) is 9.26. The van der Waals surface area contributed by atoms with Gasteiger partial charge in [0.05, 0.1) is 17.5 Å². The Hall–Kier alpha value is -1.62. The van der Waals surface area contributed by atoms with E-state index in [0.717, 1.165) is 23.1 Å². The van der Waals surface area contributed by atoms with Crippen molar-refractivity contribution < 1.29 is 4.74 Å². The third-order valence-electron chi connectivity index (χ3n) is 3.68. The zero-order valence-corrected chi connectivity index (χ0v) is 13.2. The molecule has 0 atom stereocenters. The van der Waals surface area contributed by atoms with Crippen molar-refractivity contribution in [2.45, 2.75) is 53.7 Å². The number of ether oxygens (including phenoxy) is 1. The summed E-state index contributed by atoms with van der Waals surface area (Å²) >= 11 is 0. The molecular weight excluding hydrogens is 252 g/mol. The fraction of sp³-hybridized carbons (Fsp3) is 0.600. The lowest BCUT2D eigenvalue weighted by Gasteiger charge is -2.26. The van der Waals surface area contributed by atoms with Gasteiger partial charge in [0.15, 0.2) is 0 Å². The van der Waals surface area contributed by atoms with Crippen LogP contribution in [0.3, 0.4) is 0 Å². The molecule has 0 radical (unpaired) electrons. The minimum Gasteiger partial charge on any atom is -0.383 e. The molecule has 0 bridgehead atoms. The van der Waals surface area contributed by atoms with Crippen LogP contribution < -0.4 is 5.73 Å². The summed E-state index contributed by atoms with van der Waals surface area (Å²) in [7, 11) is 0. The van der Waals surface area contributed by atoms with Crippen LogP contribution in [-0.4, -0.2) is 26.7 Å². The van der Waals surface area contributed by atoms with Gasteiger partial charge < -0.3 is 15.0 Å². The number of fused-ring (bicyclic) bond motifs is 1. The maximum Gasteiger partial charge on any atom is 0.146 e. The van der Waals surface area contributed by atoms with Crippen LogP contribution in [0.2, 0.25) is 0 Å². The highest BCUT2D eigenvalue weighted by atomic mass is 16.5. The lowest BCUT2D eigenvalue weighted by molar-refractivity contribution is -0.0220. The van der Waals surface area contributed by atoms with Crippen LogP contribution in [0.1, 0.15) is 37.9 Å². The van der Waals surface area contributed by atoms with Gasteiger partial charge in [0.2, 0.25) is 0 Å². The van der Waals surface area contributed by atoms with Gasteiger partial charge in [0.1, 0.15) is 17.3 Å². The Labute approximate surface area is 120 Å². The van der Waals surface area contributed by atoms with Crippen molar-refractivity contribution in [3.63, 3.8) is 0 Å². The standard InChI is InChI=1S/C15H24N4O/c1-7-20-15(5,6)8-19-10(3)9(2)12-13(16)17-11(4)18-14(12)19/h7-8H2,1-6H3,(H2,16,17,18). The van der Waals surface area contributed by atoms with Gasteiger partial charge in [-0.25, -0.2) is 9.97 Å². The Morgan fingerprint density at radius 3 is 2.45 bits per heavy atom. The Morgan fingerprint density at radius 1 is 1.20 bits per heavy atom. The molecule has 0 spiro atoms. The van der Waals surface area contributed by atoms with E-state index in [-0.39, 0.29) is 5.60 Å². The second-order valence-corrected chi connectivity index (χ2v) is 5.84. The number of aromatic nitrogens is 3. The molecule has 2 rings (SSSR count). The molecule has 2 heterocycles. The lowest BCUT2D eigenvalue weighted by atomic mass is 10.1. The molecule has 0 unspecified atom stereocenters. The van der Waals surface area contributed by atoms with Gasteiger partial charge in [0, 0.05) is 12.3 Å². The minimum atomic E-state index is -0.245. The van der Waals surface area contributed by atoms with Crippen molar-refractivity contribution in [3.8, 4) is 0 Å². The summed E-state index contributed by atoms with van der Waals surface area (Å²) in [6, 6.07) is 0. The van der Waals surface area contributed by atoms with E-state index in [1.54, 1.807) is 0 Å². The summed E-state index contributed by atoms with van der Waals surface area (Å²) < 4.78 is 8.00. The van der Waals surface area contributed by atoms with E-state index in [1.165, 1.54) is 5.69 Å². The minimum absolute atomic E-state index is 0.245. The van der Waals surface area contributed by atoms with Gasteiger partial charge in [-0.3, -0.25) is 0 Å². The summed E-state index contributed by atoms with van der Waals surface area (Å²) in [5.41, 5.74) is 9.03. The molecule has 0 amide bonds. The summed E-state index contributed by atoms with van der Waals surface area (Å²) in [5, 5.41) is 0.959. The van der Waals surface area contributed by atoms with Crippen molar-refractivity contribution >= 4 is 16.9 Å². The smallest absolute Gasteiger partial charge is 0.146 e. The number of nitrogen functional groups attached to an aromatic ring is 1. The van der Waals surface area contributed by atoms with E-state index in [1.807, 2.05) is 13.8 Å². The molecule has 5 nitrogen and oxygen atoms in total. The highest BCUT2D eigenvalue weighted by molar-refractivity contribution is 5.91. The number of nitrogens with two attached hydrogens (primary N) is 1. The van der Waals surface area contributed by atoms with Crippen LogP contribution in [-0.2, 0) is 11.3 Å². The molecule has 2 aromatic heterocycles. The molecule has 0 aliphatic heterocycles. The van der Waals surface area contributed by atoms with E-state index < -0.39 is 0 Å². The predicted molar refractivity (Wildman–Crippen MR) is 81.9 cm³/mol. The summed E-state index contributed by atoms with van der Waals surface area (Å²) in [4.78, 5) is 8.85. The highest BCUT2D eigenvalue weighted by Crippen LogP contribution is 2.29. The molecular formula is C15H24N4O. The zero-order chi connectivity index (χ0) is 15.1. The van der Waals surface area contributed by atoms with Crippen molar-refractivity contribution in [3.05, 3.63) is 17.1 Å². The Balaban J connectivity index is 2.62. The van der Waals surface area contributed by atoms with Gasteiger partial charge in [-0.1, -0.05) is 0 Å². The molecule has 5 heteroatoms. The molecule has 110 valence electrons. The maximum atomic E-state index is 6.07. The predicted octanol–water partition coefficient (Wildman–Crippen LogP) is 2.75. The number of anilines is 1. The van der Waals surface area contributed by atoms with E-state index in [4.69, 9.17) is 10.5 Å². The van der Waals surface area contributed by atoms with Crippen molar-refractivity contribution in [1.29, 1.82) is 0 Å². The normalized spacial score (nSPS) is 12.3. The highest BCUT2D eigenvalue weighted by Gasteiger charge is 2.23. The van der Waals surface area contributed by atoms with Gasteiger partial charge in [-0.15, -0.1) is 0 Å². The van der Waals surface area contributed by atoms with Crippen LogP contribution >= 0.6 is 0 Å². The number of aryl methyl sites for hydroxylation is 2. The second-order valence-electron chi connectivity index (χ2n) is 5.84. The third-order valence-corrected chi connectivity index (χ3v) is 3.68. The monoisotopic (exact) mass is 276 g/mol. The van der Waals surface area contributed by atoms with E-state index >= 15 is 0 Å². The van der Waals surface area contributed by atoms with Crippen LogP contribution in [0.5, 0.6) is 0 Å². The first kappa shape index (κ1) is 14.8. The Bertz CT molecular complexity index is 643. The molecule has 0 aliphatic rings. The fourth-order valence-electron chi connectivity index (χ4n) is 2.69. The van der Waals surface area contributed by atoms with Gasteiger partial charge in [-0.05, 0) is 47.1 Å². The van der Waals surface area contributed by atoms with Crippen molar-refractivity contribution in [1.82, 2.24) is 14.5 Å². The quantitative estimate of drug-likeness (QED) is 0.932. The largest absolute Gasteiger partial charge is 0.383 e. The van der Waals surface area contributed by atoms with Crippen molar-refractivity contribution in [2.75, 3.05) is 12.3 Å². The molecule has 20 heavy (non-hydrogen) atoms. The van der Waals surface area contributed by atoms with E-state index in [0.29, 0.717) is 18.2 Å². The van der Waals surface area contributed by atoms with Crippen LogP contribution in [0.4, 0.5) is 5.82 Å². The van der Waals surface area contributed by atoms with Gasteiger partial charge in [-0.2, -0.15) is 0 Å². The Morgan fingerprint density at radius 2 is 1.85 bits per heavy atom. The number of hydrogen-bond acceptors (Lipinski definition) is 4. The molecule has 0 saturated heterocycles. The van der Waals surface area contributed by atoms with Crippen molar-refractivity contribution in [2.24, 2.45) is 0 Å². The van der Waals surface area contributed by atoms with Crippen LogP contribution in [0.25, 0.3) is 11.0 Å². The average Bonchev–Trinajstić information content (AvgIpc) is 2.54. The van der Waals surface area contributed by atoms with Gasteiger partial charge in [0.25, 0.3) is 0 Å². The van der Waals surface area contributed by atoms with Crippen LogP contribution in [0.15, 0.2) is 0 Å². The summed E-state index contributed by atoms with van der Waals surface area (Å²) in [6.45, 7) is 13.7. The number of nitrogens with zero attached hydrogens (tertiary/aromatic N) is 3. The first-order valence-electron chi connectivity index (χ1n) is 7.00. The van der Waals surface area contributed by atoms with E-state index in [9.17, 15) is 0 Å². The summed E-state index contributed by atoms with van der Waals surface area (Å²) in [6.07, 6.45) is 0. The average molecular weight is 276 g/mol. The number of rotatable bonds is 4. The lowest BCUT2D eigenvalue weighted by Crippen LogP contribution is -2.31. The molecule has 0 aliphatic carbocycles. The zero-order valence-electron chi connectivity index (χ0n) is 13.2. The molecule has 0 aromatic carbocycles. The molecule has 0 fully saturated rings. The second kappa shape index (κ2) is 5.05. The molecule has 0 saturated carbocycles. The molecule has 2 N–H and O–H groups in total. The van der Waals surface area contributed by atoms with E-state index in [2.05, 4.69) is 42.2 Å². The number of hydrogen-bond donors (Lipinski definition) is 1. The summed E-state index contributed by atoms with van der Waals surface area (Å²) in [5.74, 6) is 1.25. The van der Waals surface area contributed by atoms with Gasteiger partial charge >= 0.3 is 0 Å². The third kappa shape index (κ3) is 2.50. The SMILES string of the molecule is CCOC(C)(C)Cn1c(C)c(C)c2c(N)nc(C)nc21. The molecule has 2 aromatic rings. The topological polar surface area (TPSA) is 66.0 Å².